The smallest absolute Gasteiger partial charge is 0.250 e. The molecular weight excluding hydrogens is 426 g/mol. The van der Waals surface area contributed by atoms with Gasteiger partial charge in [-0.1, -0.05) is 18.2 Å². The molecule has 8 heteroatoms. The van der Waals surface area contributed by atoms with Crippen LogP contribution in [-0.2, 0) is 14.1 Å². The maximum atomic E-state index is 11.9. The summed E-state index contributed by atoms with van der Waals surface area (Å²) in [6, 6.07) is 17.0. The monoisotopic (exact) mass is 447 g/mol. The van der Waals surface area contributed by atoms with Crippen molar-refractivity contribution in [1.82, 2.24) is 23.9 Å². The molecule has 5 rings (SSSR count). The van der Waals surface area contributed by atoms with Gasteiger partial charge in [-0.25, -0.2) is 4.98 Å². The largest absolute Gasteiger partial charge is 0.454 e. The third-order valence-electron chi connectivity index (χ3n) is 5.26. The Bertz CT molecular complexity index is 1470. The van der Waals surface area contributed by atoms with Crippen molar-refractivity contribution >= 4 is 23.4 Å². The lowest BCUT2D eigenvalue weighted by Crippen LogP contribution is -2.14. The maximum Gasteiger partial charge on any atom is 0.250 e. The molecule has 32 heavy (non-hydrogen) atoms. The summed E-state index contributed by atoms with van der Waals surface area (Å²) < 4.78 is 11.8. The first-order valence-electron chi connectivity index (χ1n) is 9.92. The SMILES string of the molecule is Cc1nc2c(Oc3ccccc3)c(-c3ccc(=O)n(C)c3)ccc2n1-c1cnn(C)c1.Cl. The molecule has 7 nitrogen and oxygen atoms in total. The van der Waals surface area contributed by atoms with Gasteiger partial charge in [0.15, 0.2) is 5.75 Å². The van der Waals surface area contributed by atoms with E-state index in [9.17, 15) is 4.79 Å². The van der Waals surface area contributed by atoms with Crippen LogP contribution in [0, 0.1) is 6.92 Å². The van der Waals surface area contributed by atoms with Crippen LogP contribution >= 0.6 is 12.4 Å². The molecule has 3 heterocycles. The van der Waals surface area contributed by atoms with Crippen LogP contribution in [0.15, 0.2) is 78.0 Å². The van der Waals surface area contributed by atoms with Crippen LogP contribution in [0.5, 0.6) is 11.5 Å². The number of aryl methyl sites for hydroxylation is 3. The zero-order valence-electron chi connectivity index (χ0n) is 17.9. The second-order valence-corrected chi connectivity index (χ2v) is 7.46. The van der Waals surface area contributed by atoms with E-state index in [0.29, 0.717) is 5.75 Å². The highest BCUT2D eigenvalue weighted by Crippen LogP contribution is 2.40. The summed E-state index contributed by atoms with van der Waals surface area (Å²) >= 11 is 0. The molecule has 0 saturated heterocycles. The average molecular weight is 448 g/mol. The van der Waals surface area contributed by atoms with Crippen LogP contribution in [0.3, 0.4) is 0 Å². The van der Waals surface area contributed by atoms with Gasteiger partial charge < -0.3 is 9.30 Å². The average Bonchev–Trinajstić information content (AvgIpc) is 3.33. The highest BCUT2D eigenvalue weighted by Gasteiger charge is 2.19. The van der Waals surface area contributed by atoms with Crippen LogP contribution in [0.25, 0.3) is 27.8 Å². The minimum atomic E-state index is -0.0629. The molecule has 0 unspecified atom stereocenters. The molecule has 0 bridgehead atoms. The van der Waals surface area contributed by atoms with Gasteiger partial charge in [0.25, 0.3) is 0 Å². The van der Waals surface area contributed by atoms with Crippen molar-refractivity contribution in [2.45, 2.75) is 6.92 Å². The van der Waals surface area contributed by atoms with Crippen LogP contribution in [0.1, 0.15) is 5.82 Å². The topological polar surface area (TPSA) is 66.9 Å². The van der Waals surface area contributed by atoms with E-state index in [-0.39, 0.29) is 18.0 Å². The van der Waals surface area contributed by atoms with E-state index < -0.39 is 0 Å². The Morgan fingerprint density at radius 3 is 2.41 bits per heavy atom. The highest BCUT2D eigenvalue weighted by molar-refractivity contribution is 5.92. The fraction of sp³-hybridized carbons (Fsp3) is 0.125. The molecule has 0 aliphatic rings. The number of imidazole rings is 1. The lowest BCUT2D eigenvalue weighted by Gasteiger charge is -2.13. The number of ether oxygens (including phenoxy) is 1. The molecule has 0 N–H and O–H groups in total. The number of hydrogen-bond acceptors (Lipinski definition) is 4. The molecule has 0 saturated carbocycles. The van der Waals surface area contributed by atoms with Crippen molar-refractivity contribution in [3.63, 3.8) is 0 Å². The van der Waals surface area contributed by atoms with Crippen molar-refractivity contribution in [3.8, 4) is 28.3 Å². The molecule has 2 aromatic carbocycles. The van der Waals surface area contributed by atoms with Crippen molar-refractivity contribution in [2.75, 3.05) is 0 Å². The predicted octanol–water partition coefficient (Wildman–Crippen LogP) is 4.65. The first kappa shape index (κ1) is 21.4. The lowest BCUT2D eigenvalue weighted by atomic mass is 10.1. The fourth-order valence-electron chi connectivity index (χ4n) is 3.78. The summed E-state index contributed by atoms with van der Waals surface area (Å²) in [5.41, 5.74) is 4.28. The Kier molecular flexibility index (Phi) is 5.59. The second kappa shape index (κ2) is 8.36. The first-order valence-corrected chi connectivity index (χ1v) is 9.92. The van der Waals surface area contributed by atoms with Crippen molar-refractivity contribution in [2.24, 2.45) is 14.1 Å². The Labute approximate surface area is 190 Å². The third-order valence-corrected chi connectivity index (χ3v) is 5.26. The fourth-order valence-corrected chi connectivity index (χ4v) is 3.78. The Morgan fingerprint density at radius 1 is 0.938 bits per heavy atom. The Morgan fingerprint density at radius 2 is 1.72 bits per heavy atom. The number of rotatable bonds is 4. The van der Waals surface area contributed by atoms with Gasteiger partial charge in [-0.15, -0.1) is 12.4 Å². The lowest BCUT2D eigenvalue weighted by molar-refractivity contribution is 0.489. The molecule has 5 aromatic rings. The first-order chi connectivity index (χ1) is 15.0. The van der Waals surface area contributed by atoms with Crippen molar-refractivity contribution < 1.29 is 4.74 Å². The number of para-hydroxylation sites is 1. The van der Waals surface area contributed by atoms with Gasteiger partial charge >= 0.3 is 0 Å². The minimum absolute atomic E-state index is 0. The maximum absolute atomic E-state index is 11.9. The number of hydrogen-bond donors (Lipinski definition) is 0. The van der Waals surface area contributed by atoms with Gasteiger partial charge in [0.05, 0.1) is 17.4 Å². The van der Waals surface area contributed by atoms with Crippen LogP contribution in [-0.4, -0.2) is 23.9 Å². The van der Waals surface area contributed by atoms with E-state index in [1.807, 2.05) is 81.1 Å². The van der Waals surface area contributed by atoms with E-state index in [1.165, 1.54) is 0 Å². The highest BCUT2D eigenvalue weighted by atomic mass is 35.5. The second-order valence-electron chi connectivity index (χ2n) is 7.46. The van der Waals surface area contributed by atoms with E-state index >= 15 is 0 Å². The number of aromatic nitrogens is 5. The molecule has 3 aromatic heterocycles. The van der Waals surface area contributed by atoms with Gasteiger partial charge in [0.2, 0.25) is 5.56 Å². The zero-order valence-corrected chi connectivity index (χ0v) is 18.7. The number of halogens is 1. The predicted molar refractivity (Wildman–Crippen MR) is 127 cm³/mol. The quantitative estimate of drug-likeness (QED) is 0.402. The van der Waals surface area contributed by atoms with Gasteiger partial charge in [0, 0.05) is 43.7 Å². The number of pyridine rings is 1. The van der Waals surface area contributed by atoms with Crippen LogP contribution in [0.4, 0.5) is 0 Å². The summed E-state index contributed by atoms with van der Waals surface area (Å²) in [6.07, 6.45) is 5.58. The number of nitrogens with zero attached hydrogens (tertiary/aromatic N) is 5. The standard InChI is InChI=1S/C24H21N5O2.ClH/c1-16-26-23-21(29(16)18-13-25-28(3)15-18)11-10-20(17-9-12-22(30)27(2)14-17)24(23)31-19-7-5-4-6-8-19;/h4-15H,1-3H3;1H. The molecule has 0 spiro atoms. The Hall–Kier alpha value is -3.84. The van der Waals surface area contributed by atoms with Crippen molar-refractivity contribution in [3.05, 3.63) is 89.4 Å². The zero-order chi connectivity index (χ0) is 21.5. The molecule has 0 aliphatic carbocycles. The molecule has 0 aliphatic heterocycles. The van der Waals surface area contributed by atoms with Gasteiger partial charge in [-0.3, -0.25) is 14.0 Å². The van der Waals surface area contributed by atoms with Crippen LogP contribution < -0.4 is 10.3 Å². The van der Waals surface area contributed by atoms with Crippen molar-refractivity contribution in [1.29, 1.82) is 0 Å². The molecular formula is C24H22ClN5O2. The van der Waals surface area contributed by atoms with Crippen LogP contribution in [0.2, 0.25) is 0 Å². The number of fused-ring (bicyclic) bond motifs is 1. The summed E-state index contributed by atoms with van der Waals surface area (Å²) in [7, 11) is 3.63. The minimum Gasteiger partial charge on any atom is -0.454 e. The van der Waals surface area contributed by atoms with Gasteiger partial charge in [-0.2, -0.15) is 5.10 Å². The molecule has 0 fully saturated rings. The van der Waals surface area contributed by atoms with Gasteiger partial charge in [0.1, 0.15) is 17.1 Å². The summed E-state index contributed by atoms with van der Waals surface area (Å²) in [6.45, 7) is 1.96. The summed E-state index contributed by atoms with van der Waals surface area (Å²) in [4.78, 5) is 16.8. The summed E-state index contributed by atoms with van der Waals surface area (Å²) in [5, 5.41) is 4.30. The van der Waals surface area contributed by atoms with E-state index in [1.54, 1.807) is 22.4 Å². The third kappa shape index (κ3) is 3.67. The van der Waals surface area contributed by atoms with E-state index in [4.69, 9.17) is 9.72 Å². The molecule has 0 atom stereocenters. The van der Waals surface area contributed by atoms with E-state index in [0.717, 1.165) is 39.4 Å². The van der Waals surface area contributed by atoms with E-state index in [2.05, 4.69) is 9.67 Å². The molecule has 0 amide bonds. The number of benzene rings is 2. The molecule has 162 valence electrons. The van der Waals surface area contributed by atoms with Gasteiger partial charge in [-0.05, 0) is 37.3 Å². The molecule has 0 radical (unpaired) electrons. The normalized spacial score (nSPS) is 10.8. The summed E-state index contributed by atoms with van der Waals surface area (Å²) in [5.74, 6) is 2.20. The Balaban J connectivity index is 0.00000245.